The third-order valence-electron chi connectivity index (χ3n) is 4.98. The number of anilines is 2. The van der Waals surface area contributed by atoms with Crippen LogP contribution in [0.25, 0.3) is 6.08 Å². The Kier molecular flexibility index (Phi) is 7.80. The summed E-state index contributed by atoms with van der Waals surface area (Å²) in [4.78, 5) is 12.6. The maximum Gasteiger partial charge on any atom is 0.262 e. The van der Waals surface area contributed by atoms with Crippen LogP contribution in [0.2, 0.25) is 0 Å². The van der Waals surface area contributed by atoms with Crippen molar-refractivity contribution < 1.29 is 27.4 Å². The summed E-state index contributed by atoms with van der Waals surface area (Å²) in [5.74, 6) is 1.01. The van der Waals surface area contributed by atoms with Gasteiger partial charge in [0.15, 0.2) is 11.5 Å². The number of rotatable bonds is 9. The van der Waals surface area contributed by atoms with Crippen molar-refractivity contribution in [2.45, 2.75) is 11.8 Å². The second-order valence-electron chi connectivity index (χ2n) is 7.19. The first-order valence-corrected chi connectivity index (χ1v) is 11.7. The number of hydrogen-bond donors (Lipinski definition) is 2. The maximum atomic E-state index is 12.9. The van der Waals surface area contributed by atoms with Crippen molar-refractivity contribution in [1.82, 2.24) is 0 Å². The molecule has 1 amide bonds. The number of amides is 1. The van der Waals surface area contributed by atoms with Crippen LogP contribution in [0.3, 0.4) is 0 Å². The minimum Gasteiger partial charge on any atom is -0.495 e. The molecular formula is C25H26N2O6S. The van der Waals surface area contributed by atoms with Gasteiger partial charge in [0.05, 0.1) is 31.9 Å². The molecule has 3 aromatic rings. The lowest BCUT2D eigenvalue weighted by atomic mass is 10.1. The number of aryl methyl sites for hydroxylation is 1. The first-order valence-electron chi connectivity index (χ1n) is 10.3. The molecule has 34 heavy (non-hydrogen) atoms. The molecule has 0 aliphatic heterocycles. The van der Waals surface area contributed by atoms with Crippen LogP contribution < -0.4 is 24.2 Å². The molecule has 0 atom stereocenters. The van der Waals surface area contributed by atoms with Gasteiger partial charge in [-0.1, -0.05) is 30.3 Å². The van der Waals surface area contributed by atoms with Gasteiger partial charge in [-0.25, -0.2) is 8.42 Å². The normalized spacial score (nSPS) is 11.2. The van der Waals surface area contributed by atoms with E-state index in [2.05, 4.69) is 10.0 Å². The number of carbonyl (C=O) groups is 1. The zero-order chi connectivity index (χ0) is 24.7. The van der Waals surface area contributed by atoms with Gasteiger partial charge < -0.3 is 19.5 Å². The summed E-state index contributed by atoms with van der Waals surface area (Å²) in [6.45, 7) is 1.77. The maximum absolute atomic E-state index is 12.9. The van der Waals surface area contributed by atoms with Gasteiger partial charge in [-0.15, -0.1) is 0 Å². The predicted octanol–water partition coefficient (Wildman–Crippen LogP) is 4.47. The Balaban J connectivity index is 1.81. The number of sulfonamides is 1. The molecule has 0 spiro atoms. The Labute approximate surface area is 199 Å². The number of para-hydroxylation sites is 3. The molecule has 0 saturated carbocycles. The molecule has 2 N–H and O–H groups in total. The third kappa shape index (κ3) is 5.68. The van der Waals surface area contributed by atoms with Crippen molar-refractivity contribution >= 4 is 33.4 Å². The van der Waals surface area contributed by atoms with Gasteiger partial charge in [-0.05, 0) is 48.9 Å². The van der Waals surface area contributed by atoms with Crippen LogP contribution in [-0.2, 0) is 14.8 Å². The summed E-state index contributed by atoms with van der Waals surface area (Å²) < 4.78 is 44.2. The van der Waals surface area contributed by atoms with Gasteiger partial charge in [0.1, 0.15) is 5.75 Å². The Morgan fingerprint density at radius 2 is 1.56 bits per heavy atom. The van der Waals surface area contributed by atoms with Gasteiger partial charge in [0, 0.05) is 17.3 Å². The van der Waals surface area contributed by atoms with E-state index >= 15 is 0 Å². The molecule has 0 bridgehead atoms. The zero-order valence-electron chi connectivity index (χ0n) is 19.3. The van der Waals surface area contributed by atoms with E-state index in [4.69, 9.17) is 14.2 Å². The van der Waals surface area contributed by atoms with Crippen molar-refractivity contribution in [2.24, 2.45) is 0 Å². The predicted molar refractivity (Wildman–Crippen MR) is 132 cm³/mol. The molecule has 0 heterocycles. The summed E-state index contributed by atoms with van der Waals surface area (Å²) in [6, 6.07) is 16.5. The molecule has 0 aliphatic rings. The number of ether oxygens (including phenoxy) is 3. The van der Waals surface area contributed by atoms with Gasteiger partial charge in [-0.3, -0.25) is 9.52 Å². The molecule has 0 fully saturated rings. The molecule has 8 nitrogen and oxygen atoms in total. The minimum absolute atomic E-state index is 0.00208. The first-order chi connectivity index (χ1) is 16.3. The van der Waals surface area contributed by atoms with E-state index in [1.807, 2.05) is 0 Å². The molecule has 0 radical (unpaired) electrons. The molecule has 0 aromatic heterocycles. The number of nitrogens with one attached hydrogen (secondary N) is 2. The monoisotopic (exact) mass is 482 g/mol. The van der Waals surface area contributed by atoms with Crippen molar-refractivity contribution in [3.05, 3.63) is 77.9 Å². The number of hydrogen-bond acceptors (Lipinski definition) is 6. The Hall–Kier alpha value is -3.98. The fourth-order valence-electron chi connectivity index (χ4n) is 3.22. The SMILES string of the molecule is COc1ccccc1NS(=O)(=O)c1ccc(C)c(NC(=O)C=Cc2cccc(OC)c2OC)c1. The largest absolute Gasteiger partial charge is 0.495 e. The molecule has 9 heteroatoms. The Morgan fingerprint density at radius 1 is 0.853 bits per heavy atom. The summed E-state index contributed by atoms with van der Waals surface area (Å²) in [5.41, 5.74) is 2.05. The van der Waals surface area contributed by atoms with E-state index in [-0.39, 0.29) is 4.90 Å². The molecule has 3 rings (SSSR count). The second kappa shape index (κ2) is 10.8. The standard InChI is InChI=1S/C25H26N2O6S/c1-17-12-14-19(34(29,30)27-20-9-5-6-10-22(20)31-2)16-21(17)26-24(28)15-13-18-8-7-11-23(32-3)25(18)33-4/h5-16,27H,1-4H3,(H,26,28). The highest BCUT2D eigenvalue weighted by Crippen LogP contribution is 2.31. The quantitative estimate of drug-likeness (QED) is 0.436. The highest BCUT2D eigenvalue weighted by atomic mass is 32.2. The van der Waals surface area contributed by atoms with E-state index in [0.29, 0.717) is 39.8 Å². The summed E-state index contributed by atoms with van der Waals surface area (Å²) >= 11 is 0. The van der Waals surface area contributed by atoms with Crippen LogP contribution in [0.4, 0.5) is 11.4 Å². The Bertz CT molecular complexity index is 1320. The summed E-state index contributed by atoms with van der Waals surface area (Å²) in [7, 11) is 0.587. The first kappa shape index (κ1) is 24.7. The fraction of sp³-hybridized carbons (Fsp3) is 0.160. The molecule has 0 unspecified atom stereocenters. The van der Waals surface area contributed by atoms with Gasteiger partial charge in [0.25, 0.3) is 10.0 Å². The van der Waals surface area contributed by atoms with E-state index in [1.165, 1.54) is 39.5 Å². The highest BCUT2D eigenvalue weighted by Gasteiger charge is 2.18. The zero-order valence-corrected chi connectivity index (χ0v) is 20.1. The van der Waals surface area contributed by atoms with Crippen molar-refractivity contribution in [1.29, 1.82) is 0 Å². The third-order valence-corrected chi connectivity index (χ3v) is 6.34. The smallest absolute Gasteiger partial charge is 0.262 e. The van der Waals surface area contributed by atoms with Crippen LogP contribution in [0.1, 0.15) is 11.1 Å². The average Bonchev–Trinajstić information content (AvgIpc) is 2.83. The lowest BCUT2D eigenvalue weighted by molar-refractivity contribution is -0.111. The minimum atomic E-state index is -3.92. The van der Waals surface area contributed by atoms with E-state index in [0.717, 1.165) is 0 Å². The summed E-state index contributed by atoms with van der Waals surface area (Å²) in [6.07, 6.45) is 2.93. The van der Waals surface area contributed by atoms with E-state index in [1.54, 1.807) is 61.5 Å². The molecule has 0 aliphatic carbocycles. The lowest BCUT2D eigenvalue weighted by Gasteiger charge is -2.13. The Morgan fingerprint density at radius 3 is 2.26 bits per heavy atom. The average molecular weight is 483 g/mol. The molecule has 0 saturated heterocycles. The number of carbonyl (C=O) groups excluding carboxylic acids is 1. The van der Waals surface area contributed by atoms with Crippen molar-refractivity contribution in [3.8, 4) is 17.2 Å². The van der Waals surface area contributed by atoms with Gasteiger partial charge in [0.2, 0.25) is 5.91 Å². The molecule has 3 aromatic carbocycles. The lowest BCUT2D eigenvalue weighted by Crippen LogP contribution is -2.15. The number of methoxy groups -OCH3 is 3. The second-order valence-corrected chi connectivity index (χ2v) is 8.87. The summed E-state index contributed by atoms with van der Waals surface area (Å²) in [5, 5.41) is 2.73. The van der Waals surface area contributed by atoms with Crippen LogP contribution in [0.15, 0.2) is 71.6 Å². The van der Waals surface area contributed by atoms with Crippen LogP contribution in [0, 0.1) is 6.92 Å². The highest BCUT2D eigenvalue weighted by molar-refractivity contribution is 7.92. The molecular weight excluding hydrogens is 456 g/mol. The number of benzene rings is 3. The van der Waals surface area contributed by atoms with Crippen LogP contribution in [-0.4, -0.2) is 35.7 Å². The molecule has 178 valence electrons. The van der Waals surface area contributed by atoms with E-state index in [9.17, 15) is 13.2 Å². The van der Waals surface area contributed by atoms with Gasteiger partial charge in [-0.2, -0.15) is 0 Å². The van der Waals surface area contributed by atoms with Crippen molar-refractivity contribution in [3.63, 3.8) is 0 Å². The van der Waals surface area contributed by atoms with Crippen molar-refractivity contribution in [2.75, 3.05) is 31.4 Å². The fourth-order valence-corrected chi connectivity index (χ4v) is 4.31. The van der Waals surface area contributed by atoms with E-state index < -0.39 is 15.9 Å². The topological polar surface area (TPSA) is 103 Å². The van der Waals surface area contributed by atoms with Crippen LogP contribution >= 0.6 is 0 Å². The van der Waals surface area contributed by atoms with Gasteiger partial charge >= 0.3 is 0 Å². The van der Waals surface area contributed by atoms with Crippen LogP contribution in [0.5, 0.6) is 17.2 Å².